The molecule has 2 heterocycles. The summed E-state index contributed by atoms with van der Waals surface area (Å²) in [6.07, 6.45) is 1.96. The van der Waals surface area contributed by atoms with Crippen molar-refractivity contribution in [2.45, 2.75) is 46.6 Å². The van der Waals surface area contributed by atoms with Crippen molar-refractivity contribution in [2.24, 2.45) is 0 Å². The minimum Gasteiger partial charge on any atom is -0.507 e. The molecular formula is C24H27N3O2. The van der Waals surface area contributed by atoms with Crippen LogP contribution in [0, 0.1) is 20.8 Å². The second-order valence-corrected chi connectivity index (χ2v) is 8.00. The Morgan fingerprint density at radius 2 is 1.83 bits per heavy atom. The lowest BCUT2D eigenvalue weighted by molar-refractivity contribution is 0.0741. The maximum Gasteiger partial charge on any atom is 0.273 e. The number of aromatic nitrogens is 2. The number of fused-ring (bicyclic) bond motifs is 1. The minimum atomic E-state index is -0.210. The number of amides is 1. The van der Waals surface area contributed by atoms with Gasteiger partial charge in [0.1, 0.15) is 17.1 Å². The summed E-state index contributed by atoms with van der Waals surface area (Å²) in [5, 5.41) is 18.2. The Balaban J connectivity index is 1.91. The Hall–Kier alpha value is -3.08. The lowest BCUT2D eigenvalue weighted by Crippen LogP contribution is -2.30. The second-order valence-electron chi connectivity index (χ2n) is 8.00. The summed E-state index contributed by atoms with van der Waals surface area (Å²) in [5.41, 5.74) is 6.80. The number of phenolic OH excluding ortho intramolecular Hbond substituents is 1. The van der Waals surface area contributed by atoms with E-state index < -0.39 is 0 Å². The molecule has 5 nitrogen and oxygen atoms in total. The Kier molecular flexibility index (Phi) is 4.91. The Morgan fingerprint density at radius 1 is 1.10 bits per heavy atom. The topological polar surface area (TPSA) is 69.2 Å². The quantitative estimate of drug-likeness (QED) is 0.641. The molecular weight excluding hydrogens is 362 g/mol. The smallest absolute Gasteiger partial charge is 0.273 e. The van der Waals surface area contributed by atoms with Crippen LogP contribution in [0.1, 0.15) is 64.1 Å². The molecule has 3 aromatic rings. The van der Waals surface area contributed by atoms with Gasteiger partial charge in [-0.1, -0.05) is 49.2 Å². The van der Waals surface area contributed by atoms with E-state index in [-0.39, 0.29) is 17.7 Å². The molecule has 2 N–H and O–H groups in total. The molecule has 2 aromatic carbocycles. The van der Waals surface area contributed by atoms with Crippen molar-refractivity contribution in [1.82, 2.24) is 15.1 Å². The number of rotatable bonds is 5. The molecule has 1 aromatic heterocycles. The van der Waals surface area contributed by atoms with Crippen molar-refractivity contribution in [1.29, 1.82) is 0 Å². The fourth-order valence-corrected chi connectivity index (χ4v) is 4.20. The number of carbonyl (C=O) groups is 1. The van der Waals surface area contributed by atoms with Crippen molar-refractivity contribution in [3.8, 4) is 17.0 Å². The van der Waals surface area contributed by atoms with Crippen molar-refractivity contribution >= 4 is 5.91 Å². The highest BCUT2D eigenvalue weighted by Crippen LogP contribution is 2.45. The number of aromatic hydroxyl groups is 1. The molecule has 150 valence electrons. The number of nitrogens with one attached hydrogen (secondary N) is 1. The Morgan fingerprint density at radius 3 is 2.52 bits per heavy atom. The van der Waals surface area contributed by atoms with Gasteiger partial charge in [-0.25, -0.2) is 0 Å². The molecule has 1 unspecified atom stereocenters. The van der Waals surface area contributed by atoms with E-state index in [1.807, 2.05) is 30.9 Å². The number of phenols is 1. The van der Waals surface area contributed by atoms with Crippen LogP contribution in [-0.4, -0.2) is 32.7 Å². The monoisotopic (exact) mass is 389 g/mol. The van der Waals surface area contributed by atoms with E-state index in [0.717, 1.165) is 35.1 Å². The van der Waals surface area contributed by atoms with Gasteiger partial charge in [-0.05, 0) is 49.9 Å². The van der Waals surface area contributed by atoms with Crippen LogP contribution < -0.4 is 0 Å². The molecule has 1 amide bonds. The summed E-state index contributed by atoms with van der Waals surface area (Å²) < 4.78 is 0. The van der Waals surface area contributed by atoms with Gasteiger partial charge in [0.2, 0.25) is 0 Å². The van der Waals surface area contributed by atoms with Gasteiger partial charge in [0.15, 0.2) is 0 Å². The van der Waals surface area contributed by atoms with Gasteiger partial charge < -0.3 is 10.0 Å². The fourth-order valence-electron chi connectivity index (χ4n) is 4.20. The summed E-state index contributed by atoms with van der Waals surface area (Å²) in [6, 6.07) is 12.0. The number of aromatic amines is 1. The first-order chi connectivity index (χ1) is 13.9. The molecule has 0 aliphatic carbocycles. The highest BCUT2D eigenvalue weighted by molar-refractivity contribution is 6.00. The number of hydrogen-bond acceptors (Lipinski definition) is 3. The van der Waals surface area contributed by atoms with E-state index in [4.69, 9.17) is 0 Å². The van der Waals surface area contributed by atoms with Crippen LogP contribution in [0.5, 0.6) is 5.75 Å². The number of nitrogens with zero attached hydrogens (tertiary/aromatic N) is 2. The first-order valence-electron chi connectivity index (χ1n) is 10.2. The van der Waals surface area contributed by atoms with Crippen molar-refractivity contribution in [3.05, 3.63) is 69.9 Å². The molecule has 5 heteroatoms. The van der Waals surface area contributed by atoms with Gasteiger partial charge in [0.05, 0.1) is 6.04 Å². The van der Waals surface area contributed by atoms with Gasteiger partial charge >= 0.3 is 0 Å². The number of hydrogen-bond donors (Lipinski definition) is 2. The molecule has 1 aliphatic rings. The molecule has 0 radical (unpaired) electrons. The zero-order valence-corrected chi connectivity index (χ0v) is 17.4. The Labute approximate surface area is 171 Å². The van der Waals surface area contributed by atoms with Crippen LogP contribution in [0.15, 0.2) is 36.4 Å². The van der Waals surface area contributed by atoms with Crippen LogP contribution in [0.25, 0.3) is 11.3 Å². The average molecular weight is 389 g/mol. The van der Waals surface area contributed by atoms with Gasteiger partial charge in [0.25, 0.3) is 5.91 Å². The summed E-state index contributed by atoms with van der Waals surface area (Å²) in [5.74, 6) is 0.189. The number of benzene rings is 2. The largest absolute Gasteiger partial charge is 0.507 e. The molecule has 29 heavy (non-hydrogen) atoms. The summed E-state index contributed by atoms with van der Waals surface area (Å²) in [7, 11) is 0. The summed E-state index contributed by atoms with van der Waals surface area (Å²) >= 11 is 0. The maximum absolute atomic E-state index is 13.2. The third-order valence-electron chi connectivity index (χ3n) is 5.71. The maximum atomic E-state index is 13.2. The lowest BCUT2D eigenvalue weighted by atomic mass is 9.93. The highest BCUT2D eigenvalue weighted by atomic mass is 16.3. The van der Waals surface area contributed by atoms with Crippen molar-refractivity contribution in [2.75, 3.05) is 6.54 Å². The van der Waals surface area contributed by atoms with E-state index in [1.54, 1.807) is 0 Å². The number of carbonyl (C=O) groups excluding carboxylic acids is 1. The van der Waals surface area contributed by atoms with Gasteiger partial charge in [-0.3, -0.25) is 9.89 Å². The second kappa shape index (κ2) is 7.39. The molecule has 0 fully saturated rings. The molecule has 0 spiro atoms. The van der Waals surface area contributed by atoms with E-state index >= 15 is 0 Å². The molecule has 4 rings (SSSR count). The van der Waals surface area contributed by atoms with E-state index in [1.165, 1.54) is 5.56 Å². The standard InChI is InChI=1S/C24H27N3O2/c1-5-6-11-27-22(17-9-7-14(2)8-10-17)19-20(25-26-21(19)24(27)29)18-13-15(3)12-16(4)23(18)28/h7-10,12-13,22,28H,5-6,11H2,1-4H3,(H,25,26). The third kappa shape index (κ3) is 3.20. The fraction of sp³-hybridized carbons (Fsp3) is 0.333. The first-order valence-corrected chi connectivity index (χ1v) is 10.2. The van der Waals surface area contributed by atoms with Crippen LogP contribution in [0.3, 0.4) is 0 Å². The predicted octanol–water partition coefficient (Wildman–Crippen LogP) is 5.05. The molecule has 0 saturated carbocycles. The number of H-pyrrole nitrogens is 1. The SMILES string of the molecule is CCCCN1C(=O)c2[nH]nc(-c3cc(C)cc(C)c3O)c2C1c1ccc(C)cc1. The molecule has 0 bridgehead atoms. The molecule has 1 atom stereocenters. The Bertz CT molecular complexity index is 1070. The normalized spacial score (nSPS) is 15.8. The van der Waals surface area contributed by atoms with Crippen LogP contribution >= 0.6 is 0 Å². The highest BCUT2D eigenvalue weighted by Gasteiger charge is 2.42. The van der Waals surface area contributed by atoms with E-state index in [2.05, 4.69) is 48.3 Å². The van der Waals surface area contributed by atoms with Crippen LogP contribution in [-0.2, 0) is 0 Å². The zero-order chi connectivity index (χ0) is 20.7. The molecule has 1 aliphatic heterocycles. The van der Waals surface area contributed by atoms with Crippen LogP contribution in [0.2, 0.25) is 0 Å². The van der Waals surface area contributed by atoms with Gasteiger partial charge in [-0.2, -0.15) is 5.10 Å². The van der Waals surface area contributed by atoms with Gasteiger partial charge in [0, 0.05) is 17.7 Å². The van der Waals surface area contributed by atoms with Crippen molar-refractivity contribution < 1.29 is 9.90 Å². The zero-order valence-electron chi connectivity index (χ0n) is 17.4. The van der Waals surface area contributed by atoms with E-state index in [0.29, 0.717) is 23.5 Å². The van der Waals surface area contributed by atoms with Crippen LogP contribution in [0.4, 0.5) is 0 Å². The minimum absolute atomic E-state index is 0.0263. The summed E-state index contributed by atoms with van der Waals surface area (Å²) in [4.78, 5) is 15.1. The van der Waals surface area contributed by atoms with E-state index in [9.17, 15) is 9.90 Å². The first kappa shape index (κ1) is 19.2. The van der Waals surface area contributed by atoms with Gasteiger partial charge in [-0.15, -0.1) is 0 Å². The number of unbranched alkanes of at least 4 members (excludes halogenated alkanes) is 1. The molecule has 0 saturated heterocycles. The predicted molar refractivity (Wildman–Crippen MR) is 114 cm³/mol. The van der Waals surface area contributed by atoms with Crippen molar-refractivity contribution in [3.63, 3.8) is 0 Å². The summed E-state index contributed by atoms with van der Waals surface area (Å²) in [6.45, 7) is 8.75. The third-order valence-corrected chi connectivity index (χ3v) is 5.71. The lowest BCUT2D eigenvalue weighted by Gasteiger charge is -2.26. The average Bonchev–Trinajstić information content (AvgIpc) is 3.23. The number of aryl methyl sites for hydroxylation is 3.